The normalized spacial score (nSPS) is 15.0. The maximum atomic E-state index is 14.0. The Kier molecular flexibility index (Phi) is 8.53. The van der Waals surface area contributed by atoms with Crippen LogP contribution in [-0.4, -0.2) is 30.9 Å². The number of carbonyl (C=O) groups is 1. The molecule has 0 fully saturated rings. The molecule has 0 saturated carbocycles. The summed E-state index contributed by atoms with van der Waals surface area (Å²) in [6.45, 7) is 5.96. The highest BCUT2D eigenvalue weighted by molar-refractivity contribution is 9.10. The summed E-state index contributed by atoms with van der Waals surface area (Å²) in [4.78, 5) is 32.3. The van der Waals surface area contributed by atoms with Crippen molar-refractivity contribution in [1.29, 1.82) is 0 Å². The van der Waals surface area contributed by atoms with E-state index in [0.29, 0.717) is 59.7 Å². The standard InChI is InChI=1S/C30H26BrClN2O6S/c1-5-38-24-15-21(31)20(14-23(24)37-4)27-26(29(36)39-6-2)16(3)33-30-34(27)28(35)25(41-30)13-19-10-11-22(40-19)17-8-7-9-18(32)12-17/h7-15,27H,5-6H2,1-4H3/b25-13+/t27-/m1/s1. The van der Waals surface area contributed by atoms with Crippen molar-refractivity contribution < 1.29 is 23.4 Å². The van der Waals surface area contributed by atoms with Gasteiger partial charge in [-0.1, -0.05) is 51.0 Å². The fourth-order valence-electron chi connectivity index (χ4n) is 4.63. The number of benzene rings is 2. The van der Waals surface area contributed by atoms with Crippen molar-refractivity contribution in [3.05, 3.63) is 100 Å². The number of aromatic nitrogens is 1. The van der Waals surface area contributed by atoms with Crippen molar-refractivity contribution in [2.24, 2.45) is 4.99 Å². The van der Waals surface area contributed by atoms with Gasteiger partial charge in [0.15, 0.2) is 16.3 Å². The van der Waals surface area contributed by atoms with Gasteiger partial charge < -0.3 is 18.6 Å². The lowest BCUT2D eigenvalue weighted by Crippen LogP contribution is -2.40. The van der Waals surface area contributed by atoms with Crippen LogP contribution in [0.15, 0.2) is 78.5 Å². The van der Waals surface area contributed by atoms with Gasteiger partial charge in [-0.3, -0.25) is 9.36 Å². The second kappa shape index (κ2) is 12.1. The third-order valence-corrected chi connectivity index (χ3v) is 8.31. The van der Waals surface area contributed by atoms with Crippen molar-refractivity contribution in [3.63, 3.8) is 0 Å². The molecule has 0 N–H and O–H groups in total. The van der Waals surface area contributed by atoms with E-state index in [4.69, 9.17) is 30.2 Å². The van der Waals surface area contributed by atoms with Gasteiger partial charge in [0.2, 0.25) is 0 Å². The van der Waals surface area contributed by atoms with Crippen LogP contribution in [0.2, 0.25) is 5.02 Å². The lowest BCUT2D eigenvalue weighted by molar-refractivity contribution is -0.139. The fourth-order valence-corrected chi connectivity index (χ4v) is 6.39. The zero-order chi connectivity index (χ0) is 29.3. The first kappa shape index (κ1) is 28.9. The number of nitrogens with zero attached hydrogens (tertiary/aromatic N) is 2. The molecular weight excluding hydrogens is 632 g/mol. The molecule has 0 radical (unpaired) electrons. The van der Waals surface area contributed by atoms with Gasteiger partial charge >= 0.3 is 5.97 Å². The Morgan fingerprint density at radius 2 is 1.98 bits per heavy atom. The summed E-state index contributed by atoms with van der Waals surface area (Å²) in [5.41, 5.74) is 1.84. The molecule has 1 aliphatic rings. The van der Waals surface area contributed by atoms with Crippen molar-refractivity contribution in [1.82, 2.24) is 4.57 Å². The van der Waals surface area contributed by atoms with Crippen LogP contribution < -0.4 is 24.4 Å². The maximum absolute atomic E-state index is 14.0. The van der Waals surface area contributed by atoms with Gasteiger partial charge in [0, 0.05) is 21.1 Å². The van der Waals surface area contributed by atoms with Gasteiger partial charge in [-0.25, -0.2) is 9.79 Å². The Bertz CT molecular complexity index is 1850. The number of furan rings is 1. The second-order valence-corrected chi connectivity index (χ2v) is 11.3. The third-order valence-electron chi connectivity index (χ3n) is 6.40. The molecule has 8 nitrogen and oxygen atoms in total. The molecule has 0 aliphatic carbocycles. The molecular formula is C30H26BrClN2O6S. The maximum Gasteiger partial charge on any atom is 0.338 e. The van der Waals surface area contributed by atoms with E-state index in [1.54, 1.807) is 50.3 Å². The number of thiazole rings is 1. The summed E-state index contributed by atoms with van der Waals surface area (Å²) in [7, 11) is 1.54. The second-order valence-electron chi connectivity index (χ2n) is 8.97. The van der Waals surface area contributed by atoms with Crippen LogP contribution >= 0.6 is 38.9 Å². The molecule has 0 unspecified atom stereocenters. The van der Waals surface area contributed by atoms with E-state index in [-0.39, 0.29) is 17.7 Å². The Balaban J connectivity index is 1.68. The first-order valence-electron chi connectivity index (χ1n) is 12.8. The van der Waals surface area contributed by atoms with Gasteiger partial charge in [0.1, 0.15) is 11.5 Å². The average Bonchev–Trinajstić information content (AvgIpc) is 3.53. The van der Waals surface area contributed by atoms with Gasteiger partial charge in [0.25, 0.3) is 5.56 Å². The van der Waals surface area contributed by atoms with Crippen molar-refractivity contribution in [2.75, 3.05) is 20.3 Å². The van der Waals surface area contributed by atoms with Crippen LogP contribution in [0.1, 0.15) is 38.1 Å². The molecule has 4 aromatic rings. The van der Waals surface area contributed by atoms with E-state index < -0.39 is 12.0 Å². The number of ether oxygens (including phenoxy) is 3. The minimum Gasteiger partial charge on any atom is -0.493 e. The Labute approximate surface area is 253 Å². The lowest BCUT2D eigenvalue weighted by Gasteiger charge is -2.26. The van der Waals surface area contributed by atoms with Gasteiger partial charge in [-0.05, 0) is 62.7 Å². The van der Waals surface area contributed by atoms with Crippen LogP contribution in [-0.2, 0) is 9.53 Å². The number of esters is 1. The molecule has 1 aliphatic heterocycles. The zero-order valence-corrected chi connectivity index (χ0v) is 25.9. The lowest BCUT2D eigenvalue weighted by atomic mass is 9.95. The summed E-state index contributed by atoms with van der Waals surface area (Å²) >= 11 is 11.0. The SMILES string of the molecule is CCOC(=O)C1=C(C)N=c2s/c(=C/c3ccc(-c4cccc(Cl)c4)o3)c(=O)n2[C@@H]1c1cc(OC)c(OCC)cc1Br. The number of methoxy groups -OCH3 is 1. The van der Waals surface area contributed by atoms with Crippen molar-refractivity contribution >= 4 is 50.9 Å². The van der Waals surface area contributed by atoms with Crippen molar-refractivity contribution in [2.45, 2.75) is 26.8 Å². The molecule has 2 aromatic carbocycles. The predicted molar refractivity (Wildman–Crippen MR) is 161 cm³/mol. The quantitative estimate of drug-likeness (QED) is 0.220. The smallest absolute Gasteiger partial charge is 0.338 e. The van der Waals surface area contributed by atoms with Gasteiger partial charge in [0.05, 0.1) is 42.2 Å². The average molecular weight is 658 g/mol. The van der Waals surface area contributed by atoms with E-state index in [1.165, 1.54) is 23.0 Å². The molecule has 212 valence electrons. The highest BCUT2D eigenvalue weighted by atomic mass is 79.9. The van der Waals surface area contributed by atoms with Crippen LogP contribution in [0.3, 0.4) is 0 Å². The minimum absolute atomic E-state index is 0.175. The summed E-state index contributed by atoms with van der Waals surface area (Å²) in [6, 6.07) is 13.6. The summed E-state index contributed by atoms with van der Waals surface area (Å²) in [5.74, 6) is 1.56. The molecule has 0 saturated heterocycles. The number of allylic oxidation sites excluding steroid dienone is 1. The Hall–Kier alpha value is -3.60. The largest absolute Gasteiger partial charge is 0.493 e. The number of rotatable bonds is 8. The predicted octanol–water partition coefficient (Wildman–Crippen LogP) is 5.88. The zero-order valence-electron chi connectivity index (χ0n) is 22.7. The van der Waals surface area contributed by atoms with E-state index in [0.717, 1.165) is 5.56 Å². The first-order chi connectivity index (χ1) is 19.7. The van der Waals surface area contributed by atoms with Gasteiger partial charge in [-0.2, -0.15) is 0 Å². The van der Waals surface area contributed by atoms with Crippen LogP contribution in [0, 0.1) is 0 Å². The molecule has 41 heavy (non-hydrogen) atoms. The number of hydrogen-bond acceptors (Lipinski definition) is 8. The van der Waals surface area contributed by atoms with E-state index in [2.05, 4.69) is 20.9 Å². The van der Waals surface area contributed by atoms with Crippen LogP contribution in [0.25, 0.3) is 17.4 Å². The highest BCUT2D eigenvalue weighted by Gasteiger charge is 2.35. The third kappa shape index (κ3) is 5.64. The summed E-state index contributed by atoms with van der Waals surface area (Å²) < 4.78 is 25.3. The number of halogens is 2. The fraction of sp³-hybridized carbons (Fsp3) is 0.233. The highest BCUT2D eigenvalue weighted by Crippen LogP contribution is 2.41. The van der Waals surface area contributed by atoms with Crippen molar-refractivity contribution in [3.8, 4) is 22.8 Å². The molecule has 0 spiro atoms. The molecule has 0 amide bonds. The molecule has 11 heteroatoms. The first-order valence-corrected chi connectivity index (χ1v) is 14.8. The molecule has 0 bridgehead atoms. The molecule has 5 rings (SSSR count). The monoisotopic (exact) mass is 656 g/mol. The topological polar surface area (TPSA) is 92.3 Å². The Morgan fingerprint density at radius 1 is 1.17 bits per heavy atom. The van der Waals surface area contributed by atoms with Gasteiger partial charge in [-0.15, -0.1) is 0 Å². The Morgan fingerprint density at radius 3 is 2.68 bits per heavy atom. The van der Waals surface area contributed by atoms with Crippen LogP contribution in [0.5, 0.6) is 11.5 Å². The number of hydrogen-bond donors (Lipinski definition) is 0. The number of fused-ring (bicyclic) bond motifs is 1. The summed E-state index contributed by atoms with van der Waals surface area (Å²) in [5, 5.41) is 0.596. The summed E-state index contributed by atoms with van der Waals surface area (Å²) in [6.07, 6.45) is 1.67. The van der Waals surface area contributed by atoms with E-state index >= 15 is 0 Å². The molecule has 1 atom stereocenters. The van der Waals surface area contributed by atoms with E-state index in [9.17, 15) is 9.59 Å². The molecule has 2 aromatic heterocycles. The number of carbonyl (C=O) groups excluding carboxylic acids is 1. The molecule has 3 heterocycles. The minimum atomic E-state index is -0.829. The van der Waals surface area contributed by atoms with E-state index in [1.807, 2.05) is 25.1 Å². The van der Waals surface area contributed by atoms with Crippen LogP contribution in [0.4, 0.5) is 0 Å².